The third-order valence-corrected chi connectivity index (χ3v) is 2.50. The van der Waals surface area contributed by atoms with E-state index in [0.29, 0.717) is 0 Å². The molecule has 20 heavy (non-hydrogen) atoms. The molecule has 8 heteroatoms. The van der Waals surface area contributed by atoms with E-state index in [-0.39, 0.29) is 5.56 Å². The van der Waals surface area contributed by atoms with Crippen molar-refractivity contribution in [1.82, 2.24) is 10.6 Å². The number of carbonyl (C=O) groups is 1. The van der Waals surface area contributed by atoms with Gasteiger partial charge in [0.25, 0.3) is 0 Å². The molecule has 0 spiro atoms. The topological polar surface area (TPSA) is 41.1 Å². The molecule has 0 bridgehead atoms. The van der Waals surface area contributed by atoms with Crippen LogP contribution in [0.1, 0.15) is 18.5 Å². The molecule has 0 fully saturated rings. The molecule has 0 saturated carbocycles. The van der Waals surface area contributed by atoms with Crippen molar-refractivity contribution in [2.45, 2.75) is 19.1 Å². The maximum Gasteiger partial charge on any atom is 0.405 e. The van der Waals surface area contributed by atoms with E-state index in [2.05, 4.69) is 5.32 Å². The van der Waals surface area contributed by atoms with Crippen LogP contribution in [0.5, 0.6) is 0 Å². The van der Waals surface area contributed by atoms with Gasteiger partial charge in [-0.05, 0) is 13.0 Å². The summed E-state index contributed by atoms with van der Waals surface area (Å²) in [5, 5.41) is 4.18. The van der Waals surface area contributed by atoms with Crippen LogP contribution in [-0.4, -0.2) is 25.2 Å². The number of hydrogen-bond donors (Lipinski definition) is 2. The molecule has 0 aliphatic carbocycles. The lowest BCUT2D eigenvalue weighted by Crippen LogP contribution is -2.39. The molecule has 0 saturated heterocycles. The summed E-state index contributed by atoms with van der Waals surface area (Å²) in [4.78, 5) is 11.1. The van der Waals surface area contributed by atoms with Crippen molar-refractivity contribution >= 4 is 5.91 Å². The number of benzene rings is 1. The van der Waals surface area contributed by atoms with Crippen LogP contribution in [0.3, 0.4) is 0 Å². The van der Waals surface area contributed by atoms with Crippen LogP contribution < -0.4 is 10.6 Å². The van der Waals surface area contributed by atoms with Crippen molar-refractivity contribution < 1.29 is 26.7 Å². The van der Waals surface area contributed by atoms with Crippen LogP contribution in [0, 0.1) is 11.6 Å². The third-order valence-electron chi connectivity index (χ3n) is 2.50. The van der Waals surface area contributed by atoms with Crippen LogP contribution in [0.25, 0.3) is 0 Å². The Morgan fingerprint density at radius 2 is 1.95 bits per heavy atom. The summed E-state index contributed by atoms with van der Waals surface area (Å²) in [6.07, 6.45) is -4.49. The van der Waals surface area contributed by atoms with Crippen molar-refractivity contribution in [3.63, 3.8) is 0 Å². The van der Waals surface area contributed by atoms with Gasteiger partial charge in [0.2, 0.25) is 5.91 Å². The van der Waals surface area contributed by atoms with E-state index in [9.17, 15) is 26.7 Å². The summed E-state index contributed by atoms with van der Waals surface area (Å²) in [6, 6.07) is 2.85. The van der Waals surface area contributed by atoms with Gasteiger partial charge in [-0.3, -0.25) is 4.79 Å². The summed E-state index contributed by atoms with van der Waals surface area (Å²) >= 11 is 0. The molecule has 1 amide bonds. The quantitative estimate of drug-likeness (QED) is 0.819. The molecule has 0 aromatic heterocycles. The van der Waals surface area contributed by atoms with Crippen LogP contribution in [-0.2, 0) is 4.79 Å². The molecule has 1 atom stereocenters. The number of alkyl halides is 3. The van der Waals surface area contributed by atoms with Crippen LogP contribution >= 0.6 is 0 Å². The first kappa shape index (κ1) is 16.4. The standard InChI is InChI=1S/C12H13F5N2O/c1-7(8-3-2-4-9(13)11(8)14)18-5-10(20)19-6-12(15,16)17/h2-4,7,18H,5-6H2,1H3,(H,19,20)/t7-/m0/s1. The minimum atomic E-state index is -4.49. The molecule has 2 N–H and O–H groups in total. The van der Waals surface area contributed by atoms with E-state index in [4.69, 9.17) is 0 Å². The molecule has 0 aliphatic rings. The molecular weight excluding hydrogens is 283 g/mol. The highest BCUT2D eigenvalue weighted by atomic mass is 19.4. The molecule has 0 heterocycles. The third kappa shape index (κ3) is 5.12. The minimum absolute atomic E-state index is 0.00591. The Kier molecular flexibility index (Phi) is 5.43. The number of nitrogens with one attached hydrogen (secondary N) is 2. The number of rotatable bonds is 5. The SMILES string of the molecule is C[C@H](NCC(=O)NCC(F)(F)F)c1cccc(F)c1F. The maximum absolute atomic E-state index is 13.4. The van der Waals surface area contributed by atoms with E-state index >= 15 is 0 Å². The largest absolute Gasteiger partial charge is 0.405 e. The summed E-state index contributed by atoms with van der Waals surface area (Å²) in [7, 11) is 0. The smallest absolute Gasteiger partial charge is 0.346 e. The van der Waals surface area contributed by atoms with E-state index < -0.39 is 42.8 Å². The zero-order valence-electron chi connectivity index (χ0n) is 10.5. The number of carbonyl (C=O) groups excluding carboxylic acids is 1. The van der Waals surface area contributed by atoms with Crippen LogP contribution in [0.4, 0.5) is 22.0 Å². The summed E-state index contributed by atoms with van der Waals surface area (Å²) in [5.74, 6) is -2.97. The Balaban J connectivity index is 2.49. The highest BCUT2D eigenvalue weighted by Gasteiger charge is 2.27. The van der Waals surface area contributed by atoms with E-state index in [0.717, 1.165) is 6.07 Å². The summed E-state index contributed by atoms with van der Waals surface area (Å²) in [6.45, 7) is -0.404. The Hall–Kier alpha value is -1.70. The average molecular weight is 296 g/mol. The monoisotopic (exact) mass is 296 g/mol. The number of halogens is 5. The highest BCUT2D eigenvalue weighted by Crippen LogP contribution is 2.18. The van der Waals surface area contributed by atoms with E-state index in [1.165, 1.54) is 19.1 Å². The highest BCUT2D eigenvalue weighted by molar-refractivity contribution is 5.78. The normalized spacial score (nSPS) is 13.1. The molecular formula is C12H13F5N2O. The van der Waals surface area contributed by atoms with Gasteiger partial charge in [0, 0.05) is 11.6 Å². The molecule has 3 nitrogen and oxygen atoms in total. The van der Waals surface area contributed by atoms with Gasteiger partial charge in [-0.2, -0.15) is 13.2 Å². The van der Waals surface area contributed by atoms with Gasteiger partial charge >= 0.3 is 6.18 Å². The van der Waals surface area contributed by atoms with Crippen LogP contribution in [0.15, 0.2) is 18.2 Å². The predicted molar refractivity (Wildman–Crippen MR) is 61.8 cm³/mol. The molecule has 1 rings (SSSR count). The number of amides is 1. The fraction of sp³-hybridized carbons (Fsp3) is 0.417. The first-order valence-electron chi connectivity index (χ1n) is 5.71. The van der Waals surface area contributed by atoms with Gasteiger partial charge in [-0.25, -0.2) is 8.78 Å². The Bertz CT molecular complexity index is 475. The fourth-order valence-corrected chi connectivity index (χ4v) is 1.47. The van der Waals surface area contributed by atoms with Gasteiger partial charge in [0.15, 0.2) is 11.6 Å². The molecule has 0 unspecified atom stereocenters. The fourth-order valence-electron chi connectivity index (χ4n) is 1.47. The first-order valence-corrected chi connectivity index (χ1v) is 5.71. The lowest BCUT2D eigenvalue weighted by Gasteiger charge is -2.15. The van der Waals surface area contributed by atoms with E-state index in [1.54, 1.807) is 5.32 Å². The van der Waals surface area contributed by atoms with Crippen molar-refractivity contribution in [2.24, 2.45) is 0 Å². The summed E-state index contributed by atoms with van der Waals surface area (Å²) < 4.78 is 62.0. The van der Waals surface area contributed by atoms with Crippen LogP contribution in [0.2, 0.25) is 0 Å². The van der Waals surface area contributed by atoms with Gasteiger partial charge in [-0.15, -0.1) is 0 Å². The number of hydrogen-bond acceptors (Lipinski definition) is 2. The van der Waals surface area contributed by atoms with E-state index in [1.807, 2.05) is 0 Å². The zero-order valence-corrected chi connectivity index (χ0v) is 10.5. The van der Waals surface area contributed by atoms with Crippen molar-refractivity contribution in [3.8, 4) is 0 Å². The Morgan fingerprint density at radius 3 is 2.55 bits per heavy atom. The Morgan fingerprint density at radius 1 is 1.30 bits per heavy atom. The first-order chi connectivity index (χ1) is 9.20. The lowest BCUT2D eigenvalue weighted by atomic mass is 10.1. The Labute approximate surface area is 112 Å². The summed E-state index contributed by atoms with van der Waals surface area (Å²) in [5.41, 5.74) is -0.00591. The molecule has 0 radical (unpaired) electrons. The average Bonchev–Trinajstić information content (AvgIpc) is 2.36. The minimum Gasteiger partial charge on any atom is -0.346 e. The van der Waals surface area contributed by atoms with Gasteiger partial charge in [0.1, 0.15) is 6.54 Å². The van der Waals surface area contributed by atoms with Crippen molar-refractivity contribution in [2.75, 3.05) is 13.1 Å². The lowest BCUT2D eigenvalue weighted by molar-refractivity contribution is -0.137. The molecule has 1 aromatic carbocycles. The zero-order chi connectivity index (χ0) is 15.3. The molecule has 1 aromatic rings. The van der Waals surface area contributed by atoms with Gasteiger partial charge < -0.3 is 10.6 Å². The van der Waals surface area contributed by atoms with Crippen molar-refractivity contribution in [1.29, 1.82) is 0 Å². The van der Waals surface area contributed by atoms with Gasteiger partial charge in [0.05, 0.1) is 6.54 Å². The molecule has 0 aliphatic heterocycles. The predicted octanol–water partition coefficient (Wildman–Crippen LogP) is 2.29. The molecule has 112 valence electrons. The second-order valence-corrected chi connectivity index (χ2v) is 4.14. The van der Waals surface area contributed by atoms with Gasteiger partial charge in [-0.1, -0.05) is 12.1 Å². The maximum atomic E-state index is 13.4. The second kappa shape index (κ2) is 6.65. The second-order valence-electron chi connectivity index (χ2n) is 4.14. The van der Waals surface area contributed by atoms with Crippen molar-refractivity contribution in [3.05, 3.63) is 35.4 Å².